The second-order valence-electron chi connectivity index (χ2n) is 6.11. The van der Waals surface area contributed by atoms with Gasteiger partial charge in [-0.2, -0.15) is 0 Å². The van der Waals surface area contributed by atoms with Crippen LogP contribution in [-0.2, 0) is 19.6 Å². The number of hydrogen-bond acceptors (Lipinski definition) is 5. The minimum atomic E-state index is 0.513. The van der Waals surface area contributed by atoms with Crippen LogP contribution in [0.1, 0.15) is 21.8 Å². The molecular weight excluding hydrogens is 344 g/mol. The molecule has 0 fully saturated rings. The Morgan fingerprint density at radius 3 is 2.46 bits per heavy atom. The molecule has 0 radical (unpaired) electrons. The molecule has 0 saturated heterocycles. The summed E-state index contributed by atoms with van der Waals surface area (Å²) in [6.07, 6.45) is 0.984. The van der Waals surface area contributed by atoms with E-state index in [0.717, 1.165) is 41.7 Å². The Labute approximate surface area is 158 Å². The first-order valence-electron chi connectivity index (χ1n) is 8.69. The molecule has 0 atom stereocenters. The topological polar surface area (TPSA) is 43.4 Å². The van der Waals surface area contributed by atoms with E-state index in [4.69, 9.17) is 9.47 Å². The first-order chi connectivity index (χ1) is 12.7. The summed E-state index contributed by atoms with van der Waals surface area (Å²) in [5.74, 6) is 1.77. The van der Waals surface area contributed by atoms with Crippen LogP contribution in [0.25, 0.3) is 0 Å². The zero-order valence-corrected chi connectivity index (χ0v) is 16.0. The number of nitrogens with one attached hydrogen (secondary N) is 1. The molecule has 0 spiro atoms. The molecule has 136 valence electrons. The highest BCUT2D eigenvalue weighted by Crippen LogP contribution is 2.16. The highest BCUT2D eigenvalue weighted by atomic mass is 32.1. The van der Waals surface area contributed by atoms with Gasteiger partial charge in [-0.15, -0.1) is 11.3 Å². The average molecular weight is 369 g/mol. The highest BCUT2D eigenvalue weighted by molar-refractivity contribution is 7.09. The molecule has 3 rings (SSSR count). The van der Waals surface area contributed by atoms with Gasteiger partial charge in [0.1, 0.15) is 23.1 Å². The smallest absolute Gasteiger partial charge is 0.140 e. The van der Waals surface area contributed by atoms with Gasteiger partial charge in [0.25, 0.3) is 0 Å². The SMILES string of the molecule is COc1ccc(CCNCc2csc(COc3ccc(C)cc3)n2)cc1. The molecule has 2 aromatic carbocycles. The van der Waals surface area contributed by atoms with Gasteiger partial charge in [-0.25, -0.2) is 4.98 Å². The molecular formula is C21H24N2O2S. The molecule has 0 saturated carbocycles. The number of aryl methyl sites for hydroxylation is 1. The van der Waals surface area contributed by atoms with Crippen LogP contribution in [0, 0.1) is 6.92 Å². The lowest BCUT2D eigenvalue weighted by Gasteiger charge is -2.05. The molecule has 0 amide bonds. The minimum Gasteiger partial charge on any atom is -0.497 e. The van der Waals surface area contributed by atoms with Crippen LogP contribution in [0.3, 0.4) is 0 Å². The van der Waals surface area contributed by atoms with Crippen molar-refractivity contribution in [3.63, 3.8) is 0 Å². The number of benzene rings is 2. The van der Waals surface area contributed by atoms with E-state index in [1.165, 1.54) is 11.1 Å². The number of hydrogen-bond donors (Lipinski definition) is 1. The Bertz CT molecular complexity index is 798. The number of ether oxygens (including phenoxy) is 2. The van der Waals surface area contributed by atoms with Crippen molar-refractivity contribution in [3.8, 4) is 11.5 Å². The largest absolute Gasteiger partial charge is 0.497 e. The quantitative estimate of drug-likeness (QED) is 0.570. The van der Waals surface area contributed by atoms with E-state index in [0.29, 0.717) is 6.61 Å². The lowest BCUT2D eigenvalue weighted by atomic mass is 10.1. The number of methoxy groups -OCH3 is 1. The second kappa shape index (κ2) is 9.36. The van der Waals surface area contributed by atoms with Crippen molar-refractivity contribution in [2.75, 3.05) is 13.7 Å². The lowest BCUT2D eigenvalue weighted by molar-refractivity contribution is 0.305. The van der Waals surface area contributed by atoms with Crippen LogP contribution in [0.2, 0.25) is 0 Å². The van der Waals surface area contributed by atoms with Crippen LogP contribution in [0.4, 0.5) is 0 Å². The van der Waals surface area contributed by atoms with E-state index < -0.39 is 0 Å². The minimum absolute atomic E-state index is 0.513. The van der Waals surface area contributed by atoms with E-state index in [1.54, 1.807) is 18.4 Å². The first-order valence-corrected chi connectivity index (χ1v) is 9.57. The summed E-state index contributed by atoms with van der Waals surface area (Å²) in [4.78, 5) is 4.62. The summed E-state index contributed by atoms with van der Waals surface area (Å²) < 4.78 is 11.0. The summed E-state index contributed by atoms with van der Waals surface area (Å²) in [7, 11) is 1.69. The van der Waals surface area contributed by atoms with E-state index in [1.807, 2.05) is 24.3 Å². The molecule has 0 aliphatic carbocycles. The van der Waals surface area contributed by atoms with Crippen molar-refractivity contribution < 1.29 is 9.47 Å². The predicted molar refractivity (Wildman–Crippen MR) is 106 cm³/mol. The molecule has 1 heterocycles. The van der Waals surface area contributed by atoms with Gasteiger partial charge >= 0.3 is 0 Å². The van der Waals surface area contributed by atoms with Gasteiger partial charge in [0.2, 0.25) is 0 Å². The van der Waals surface area contributed by atoms with Crippen LogP contribution < -0.4 is 14.8 Å². The van der Waals surface area contributed by atoms with Crippen molar-refractivity contribution >= 4 is 11.3 Å². The normalized spacial score (nSPS) is 10.7. The molecule has 1 aromatic heterocycles. The Morgan fingerprint density at radius 2 is 1.73 bits per heavy atom. The van der Waals surface area contributed by atoms with Gasteiger partial charge in [0.05, 0.1) is 12.8 Å². The predicted octanol–water partition coefficient (Wildman–Crippen LogP) is 4.37. The van der Waals surface area contributed by atoms with E-state index in [2.05, 4.69) is 46.9 Å². The standard InChI is InChI=1S/C21H24N2O2S/c1-16-3-7-20(8-4-16)25-14-21-23-18(15-26-21)13-22-12-11-17-5-9-19(24-2)10-6-17/h3-10,15,22H,11-14H2,1-2H3. The maximum atomic E-state index is 5.78. The Kier molecular flexibility index (Phi) is 6.63. The summed E-state index contributed by atoms with van der Waals surface area (Å²) in [6, 6.07) is 16.3. The zero-order chi connectivity index (χ0) is 18.2. The maximum Gasteiger partial charge on any atom is 0.140 e. The molecule has 0 bridgehead atoms. The van der Waals surface area contributed by atoms with Crippen LogP contribution in [0.5, 0.6) is 11.5 Å². The van der Waals surface area contributed by atoms with E-state index in [9.17, 15) is 0 Å². The van der Waals surface area contributed by atoms with Crippen molar-refractivity contribution in [3.05, 3.63) is 75.7 Å². The molecule has 4 nitrogen and oxygen atoms in total. The molecule has 0 aliphatic heterocycles. The van der Waals surface area contributed by atoms with E-state index >= 15 is 0 Å². The van der Waals surface area contributed by atoms with Gasteiger partial charge < -0.3 is 14.8 Å². The van der Waals surface area contributed by atoms with Crippen molar-refractivity contribution in [2.24, 2.45) is 0 Å². The lowest BCUT2D eigenvalue weighted by Crippen LogP contribution is -2.17. The first kappa shape index (κ1) is 18.4. The Hall–Kier alpha value is -2.37. The fourth-order valence-corrected chi connectivity index (χ4v) is 3.22. The fraction of sp³-hybridized carbons (Fsp3) is 0.286. The van der Waals surface area contributed by atoms with Gasteiger partial charge in [-0.1, -0.05) is 29.8 Å². The average Bonchev–Trinajstić information content (AvgIpc) is 3.13. The number of thiazole rings is 1. The van der Waals surface area contributed by atoms with Gasteiger partial charge in [0, 0.05) is 11.9 Å². The fourth-order valence-electron chi connectivity index (χ4n) is 2.52. The van der Waals surface area contributed by atoms with Gasteiger partial charge in [0.15, 0.2) is 0 Å². The third-order valence-electron chi connectivity index (χ3n) is 4.04. The molecule has 0 unspecified atom stereocenters. The highest BCUT2D eigenvalue weighted by Gasteiger charge is 2.03. The summed E-state index contributed by atoms with van der Waals surface area (Å²) in [5.41, 5.74) is 3.59. The molecule has 5 heteroatoms. The molecule has 1 N–H and O–H groups in total. The monoisotopic (exact) mass is 368 g/mol. The van der Waals surface area contributed by atoms with Crippen molar-refractivity contribution in [2.45, 2.75) is 26.5 Å². The molecule has 26 heavy (non-hydrogen) atoms. The summed E-state index contributed by atoms with van der Waals surface area (Å²) in [5, 5.41) is 6.53. The summed E-state index contributed by atoms with van der Waals surface area (Å²) in [6.45, 7) is 4.27. The molecule has 3 aromatic rings. The third-order valence-corrected chi connectivity index (χ3v) is 4.91. The Balaban J connectivity index is 1.38. The van der Waals surface area contributed by atoms with Gasteiger partial charge in [-0.3, -0.25) is 0 Å². The number of nitrogens with zero attached hydrogens (tertiary/aromatic N) is 1. The van der Waals surface area contributed by atoms with Crippen LogP contribution in [0.15, 0.2) is 53.9 Å². The van der Waals surface area contributed by atoms with Crippen LogP contribution in [-0.4, -0.2) is 18.6 Å². The molecule has 0 aliphatic rings. The second-order valence-corrected chi connectivity index (χ2v) is 7.05. The summed E-state index contributed by atoms with van der Waals surface area (Å²) >= 11 is 1.64. The van der Waals surface area contributed by atoms with Crippen molar-refractivity contribution in [1.29, 1.82) is 0 Å². The number of rotatable bonds is 9. The van der Waals surface area contributed by atoms with Gasteiger partial charge in [-0.05, 0) is 49.7 Å². The van der Waals surface area contributed by atoms with Crippen molar-refractivity contribution in [1.82, 2.24) is 10.3 Å². The van der Waals surface area contributed by atoms with Crippen LogP contribution >= 0.6 is 11.3 Å². The third kappa shape index (κ3) is 5.58. The Morgan fingerprint density at radius 1 is 1.00 bits per heavy atom. The zero-order valence-electron chi connectivity index (χ0n) is 15.2. The van der Waals surface area contributed by atoms with E-state index in [-0.39, 0.29) is 0 Å². The number of aromatic nitrogens is 1. The maximum absolute atomic E-state index is 5.78.